The van der Waals surface area contributed by atoms with Crippen molar-refractivity contribution in [3.63, 3.8) is 0 Å². The van der Waals surface area contributed by atoms with E-state index in [0.29, 0.717) is 37.1 Å². The zero-order valence-corrected chi connectivity index (χ0v) is 15.9. The number of hydrogen-bond acceptors (Lipinski definition) is 2. The molecule has 1 N–H and O–H groups in total. The van der Waals surface area contributed by atoms with Gasteiger partial charge in [-0.05, 0) is 67.4 Å². The molecule has 1 aromatic heterocycles. The van der Waals surface area contributed by atoms with E-state index in [4.69, 9.17) is 0 Å². The average Bonchev–Trinajstić information content (AvgIpc) is 3.29. The Labute approximate surface area is 168 Å². The number of nitrogens with one attached hydrogen (secondary N) is 1. The van der Waals surface area contributed by atoms with Crippen molar-refractivity contribution in [2.24, 2.45) is 0 Å². The third kappa shape index (κ3) is 4.37. The van der Waals surface area contributed by atoms with Gasteiger partial charge in [0.2, 0.25) is 0 Å². The van der Waals surface area contributed by atoms with Gasteiger partial charge in [-0.1, -0.05) is 6.07 Å². The van der Waals surface area contributed by atoms with E-state index in [9.17, 15) is 14.0 Å². The van der Waals surface area contributed by atoms with Crippen molar-refractivity contribution in [3.8, 4) is 5.69 Å². The fourth-order valence-electron chi connectivity index (χ4n) is 3.59. The predicted octanol–water partition coefficient (Wildman–Crippen LogP) is 3.65. The van der Waals surface area contributed by atoms with E-state index in [1.54, 1.807) is 6.07 Å². The molecule has 0 radical (unpaired) electrons. The van der Waals surface area contributed by atoms with Gasteiger partial charge in [0.15, 0.2) is 0 Å². The topological polar surface area (TPSA) is 54.3 Å². The van der Waals surface area contributed by atoms with Crippen LogP contribution < -0.4 is 5.32 Å². The van der Waals surface area contributed by atoms with Crippen LogP contribution in [0.2, 0.25) is 0 Å². The van der Waals surface area contributed by atoms with Gasteiger partial charge in [0.25, 0.3) is 11.8 Å². The number of carbonyl (C=O) groups excluding carboxylic acids is 2. The molecule has 0 aliphatic carbocycles. The van der Waals surface area contributed by atoms with Crippen molar-refractivity contribution < 1.29 is 14.0 Å². The van der Waals surface area contributed by atoms with Crippen LogP contribution >= 0.6 is 0 Å². The fraction of sp³-hybridized carbons (Fsp3) is 0.217. The van der Waals surface area contributed by atoms with Gasteiger partial charge in [0.05, 0.1) is 0 Å². The number of nitrogens with zero attached hydrogens (tertiary/aromatic N) is 2. The third-order valence-electron chi connectivity index (χ3n) is 5.22. The van der Waals surface area contributed by atoms with E-state index < -0.39 is 5.82 Å². The number of rotatable bonds is 4. The van der Waals surface area contributed by atoms with Crippen LogP contribution in [0.4, 0.5) is 4.39 Å². The fourth-order valence-corrected chi connectivity index (χ4v) is 3.59. The summed E-state index contributed by atoms with van der Waals surface area (Å²) in [5.41, 5.74) is 1.97. The maximum Gasteiger partial charge on any atom is 0.253 e. The number of hydrogen-bond donors (Lipinski definition) is 1. The number of benzene rings is 2. The standard InChI is InChI=1S/C23H22FN3O2/c24-19-5-3-4-18(16-19)22(28)25-20-10-14-27(15-11-20)23(29)17-6-8-21(9-7-17)26-12-1-2-13-26/h1-9,12-13,16,20H,10-11,14-15H2,(H,25,28). The molecule has 2 heterocycles. The van der Waals surface area contributed by atoms with Crippen LogP contribution in [0.1, 0.15) is 33.6 Å². The molecule has 6 heteroatoms. The van der Waals surface area contributed by atoms with Crippen molar-refractivity contribution in [2.75, 3.05) is 13.1 Å². The molecule has 2 amide bonds. The lowest BCUT2D eigenvalue weighted by molar-refractivity contribution is 0.0698. The Bertz CT molecular complexity index is 991. The van der Waals surface area contributed by atoms with Crippen LogP contribution in [0.25, 0.3) is 5.69 Å². The van der Waals surface area contributed by atoms with Crippen LogP contribution in [0.3, 0.4) is 0 Å². The second-order valence-electron chi connectivity index (χ2n) is 7.19. The maximum absolute atomic E-state index is 13.3. The van der Waals surface area contributed by atoms with Gasteiger partial charge in [-0.25, -0.2) is 4.39 Å². The summed E-state index contributed by atoms with van der Waals surface area (Å²) in [6, 6.07) is 17.1. The first-order valence-corrected chi connectivity index (χ1v) is 9.69. The number of likely N-dealkylation sites (tertiary alicyclic amines) is 1. The maximum atomic E-state index is 13.3. The molecular formula is C23H22FN3O2. The van der Waals surface area contributed by atoms with Crippen LogP contribution in [-0.2, 0) is 0 Å². The minimum atomic E-state index is -0.430. The van der Waals surface area contributed by atoms with Gasteiger partial charge >= 0.3 is 0 Å². The summed E-state index contributed by atoms with van der Waals surface area (Å²) in [5.74, 6) is -0.713. The second-order valence-corrected chi connectivity index (χ2v) is 7.19. The van der Waals surface area contributed by atoms with Gasteiger partial charge in [0.1, 0.15) is 5.82 Å². The van der Waals surface area contributed by atoms with Crippen LogP contribution in [0, 0.1) is 5.82 Å². The highest BCUT2D eigenvalue weighted by Gasteiger charge is 2.25. The zero-order chi connectivity index (χ0) is 20.2. The summed E-state index contributed by atoms with van der Waals surface area (Å²) in [7, 11) is 0. The van der Waals surface area contributed by atoms with E-state index in [1.807, 2.05) is 58.3 Å². The summed E-state index contributed by atoms with van der Waals surface area (Å²) in [6.45, 7) is 1.15. The Kier molecular flexibility index (Phi) is 5.42. The molecular weight excluding hydrogens is 369 g/mol. The first kappa shape index (κ1) is 18.9. The van der Waals surface area contributed by atoms with Gasteiger partial charge in [-0.2, -0.15) is 0 Å². The molecule has 148 valence electrons. The van der Waals surface area contributed by atoms with E-state index in [1.165, 1.54) is 18.2 Å². The quantitative estimate of drug-likeness (QED) is 0.738. The molecule has 0 atom stereocenters. The summed E-state index contributed by atoms with van der Waals surface area (Å²) < 4.78 is 15.3. The number of piperidine rings is 1. The lowest BCUT2D eigenvalue weighted by Gasteiger charge is -2.32. The summed E-state index contributed by atoms with van der Waals surface area (Å²) in [5, 5.41) is 2.94. The number of halogens is 1. The minimum absolute atomic E-state index is 0.000960. The molecule has 3 aromatic rings. The van der Waals surface area contributed by atoms with Crippen LogP contribution in [-0.4, -0.2) is 40.4 Å². The molecule has 5 nitrogen and oxygen atoms in total. The molecule has 4 rings (SSSR count). The van der Waals surface area contributed by atoms with Crippen molar-refractivity contribution in [2.45, 2.75) is 18.9 Å². The van der Waals surface area contributed by atoms with Crippen molar-refractivity contribution in [1.29, 1.82) is 0 Å². The van der Waals surface area contributed by atoms with Gasteiger partial charge in [-0.3, -0.25) is 9.59 Å². The SMILES string of the molecule is O=C(NC1CCN(C(=O)c2ccc(-n3cccc3)cc2)CC1)c1cccc(F)c1. The normalized spacial score (nSPS) is 14.6. The Morgan fingerprint density at radius 1 is 0.897 bits per heavy atom. The molecule has 0 saturated carbocycles. The second kappa shape index (κ2) is 8.31. The Hall–Kier alpha value is -3.41. The number of aromatic nitrogens is 1. The highest BCUT2D eigenvalue weighted by Crippen LogP contribution is 2.17. The molecule has 1 aliphatic rings. The van der Waals surface area contributed by atoms with Gasteiger partial charge < -0.3 is 14.8 Å². The lowest BCUT2D eigenvalue weighted by Crippen LogP contribution is -2.46. The summed E-state index contributed by atoms with van der Waals surface area (Å²) >= 11 is 0. The van der Waals surface area contributed by atoms with Gasteiger partial charge in [-0.15, -0.1) is 0 Å². The molecule has 0 bridgehead atoms. The summed E-state index contributed by atoms with van der Waals surface area (Å²) in [4.78, 5) is 26.9. The average molecular weight is 391 g/mol. The largest absolute Gasteiger partial charge is 0.349 e. The first-order chi connectivity index (χ1) is 14.1. The van der Waals surface area contributed by atoms with Crippen molar-refractivity contribution >= 4 is 11.8 Å². The first-order valence-electron chi connectivity index (χ1n) is 9.69. The molecule has 0 spiro atoms. The Morgan fingerprint density at radius 2 is 1.59 bits per heavy atom. The molecule has 29 heavy (non-hydrogen) atoms. The van der Waals surface area contributed by atoms with Crippen LogP contribution in [0.5, 0.6) is 0 Å². The molecule has 1 saturated heterocycles. The Morgan fingerprint density at radius 3 is 2.24 bits per heavy atom. The third-order valence-corrected chi connectivity index (χ3v) is 5.22. The van der Waals surface area contributed by atoms with Gasteiger partial charge in [0, 0.05) is 48.3 Å². The van der Waals surface area contributed by atoms with E-state index in [2.05, 4.69) is 5.32 Å². The molecule has 1 fully saturated rings. The molecule has 1 aliphatic heterocycles. The van der Waals surface area contributed by atoms with Crippen molar-refractivity contribution in [1.82, 2.24) is 14.8 Å². The lowest BCUT2D eigenvalue weighted by atomic mass is 10.0. The van der Waals surface area contributed by atoms with E-state index >= 15 is 0 Å². The highest BCUT2D eigenvalue weighted by molar-refractivity contribution is 5.95. The summed E-state index contributed by atoms with van der Waals surface area (Å²) in [6.07, 6.45) is 5.27. The molecule has 0 unspecified atom stereocenters. The Balaban J connectivity index is 1.32. The van der Waals surface area contributed by atoms with E-state index in [-0.39, 0.29) is 17.9 Å². The van der Waals surface area contributed by atoms with Crippen molar-refractivity contribution in [3.05, 3.63) is 90.0 Å². The zero-order valence-electron chi connectivity index (χ0n) is 15.9. The monoisotopic (exact) mass is 391 g/mol. The molecule has 2 aromatic carbocycles. The number of carbonyl (C=O) groups is 2. The number of amides is 2. The van der Waals surface area contributed by atoms with E-state index in [0.717, 1.165) is 5.69 Å². The van der Waals surface area contributed by atoms with Crippen LogP contribution in [0.15, 0.2) is 73.1 Å². The smallest absolute Gasteiger partial charge is 0.253 e. The highest BCUT2D eigenvalue weighted by atomic mass is 19.1. The predicted molar refractivity (Wildman–Crippen MR) is 109 cm³/mol. The minimum Gasteiger partial charge on any atom is -0.349 e.